The third-order valence-electron chi connectivity index (χ3n) is 5.15. The number of hydrogen-bond acceptors (Lipinski definition) is 3. The van der Waals surface area contributed by atoms with Crippen LogP contribution in [0.3, 0.4) is 0 Å². The summed E-state index contributed by atoms with van der Waals surface area (Å²) >= 11 is 0. The largest absolute Gasteiger partial charge is 0.352 e. The topological polar surface area (TPSA) is 84.2 Å². The van der Waals surface area contributed by atoms with Crippen LogP contribution in [0.5, 0.6) is 0 Å². The monoisotopic (exact) mass is 279 g/mol. The quantitative estimate of drug-likeness (QED) is 0.702. The summed E-state index contributed by atoms with van der Waals surface area (Å²) in [6, 6.07) is 0.636. The molecule has 3 aliphatic rings. The molecule has 0 saturated heterocycles. The Morgan fingerprint density at radius 2 is 1.70 bits per heavy atom. The fraction of sp³-hybridized carbons (Fsp3) is 0.867. The van der Waals surface area contributed by atoms with Gasteiger partial charge in [-0.05, 0) is 50.4 Å². The van der Waals surface area contributed by atoms with E-state index in [0.717, 1.165) is 38.5 Å². The number of amides is 2. The van der Waals surface area contributed by atoms with Crippen LogP contribution >= 0.6 is 0 Å². The lowest BCUT2D eigenvalue weighted by Gasteiger charge is -2.43. The fourth-order valence-electron chi connectivity index (χ4n) is 3.82. The lowest BCUT2D eigenvalue weighted by molar-refractivity contribution is -0.130. The van der Waals surface area contributed by atoms with Crippen LogP contribution in [0.1, 0.15) is 44.9 Å². The van der Waals surface area contributed by atoms with Crippen molar-refractivity contribution >= 4 is 11.8 Å². The Morgan fingerprint density at radius 3 is 2.30 bits per heavy atom. The minimum atomic E-state index is -0.0615. The molecule has 0 spiro atoms. The molecule has 0 heterocycles. The Morgan fingerprint density at radius 1 is 1.05 bits per heavy atom. The van der Waals surface area contributed by atoms with Gasteiger partial charge in [-0.25, -0.2) is 0 Å². The van der Waals surface area contributed by atoms with E-state index < -0.39 is 0 Å². The zero-order valence-corrected chi connectivity index (χ0v) is 11.9. The first-order valence-corrected chi connectivity index (χ1v) is 7.96. The van der Waals surface area contributed by atoms with Crippen molar-refractivity contribution in [1.29, 1.82) is 0 Å². The summed E-state index contributed by atoms with van der Waals surface area (Å²) in [5.74, 6) is 1.03. The number of carbonyl (C=O) groups excluding carboxylic acids is 2. The van der Waals surface area contributed by atoms with Crippen molar-refractivity contribution in [3.63, 3.8) is 0 Å². The van der Waals surface area contributed by atoms with Crippen LogP contribution in [0.15, 0.2) is 0 Å². The van der Waals surface area contributed by atoms with Crippen LogP contribution < -0.4 is 16.4 Å². The van der Waals surface area contributed by atoms with Crippen molar-refractivity contribution in [1.82, 2.24) is 10.6 Å². The number of nitrogens with two attached hydrogens (primary N) is 1. The Hall–Kier alpha value is -1.10. The Kier molecular flexibility index (Phi) is 3.96. The van der Waals surface area contributed by atoms with Gasteiger partial charge in [0.1, 0.15) is 0 Å². The number of nitrogens with one attached hydrogen (secondary N) is 2. The third-order valence-corrected chi connectivity index (χ3v) is 5.15. The summed E-state index contributed by atoms with van der Waals surface area (Å²) in [4.78, 5) is 23.8. The van der Waals surface area contributed by atoms with Crippen molar-refractivity contribution in [2.75, 3.05) is 6.54 Å². The molecule has 2 unspecified atom stereocenters. The maximum atomic E-state index is 12.2. The van der Waals surface area contributed by atoms with E-state index in [1.807, 2.05) is 0 Å². The molecule has 0 aromatic heterocycles. The molecule has 0 aromatic rings. The molecule has 4 N–H and O–H groups in total. The molecule has 0 aromatic carbocycles. The highest BCUT2D eigenvalue weighted by Crippen LogP contribution is 2.41. The molecule has 2 atom stereocenters. The minimum absolute atomic E-state index is 0.0414. The summed E-state index contributed by atoms with van der Waals surface area (Å²) < 4.78 is 0. The van der Waals surface area contributed by atoms with E-state index in [0.29, 0.717) is 17.9 Å². The van der Waals surface area contributed by atoms with E-state index in [9.17, 15) is 9.59 Å². The highest BCUT2D eigenvalue weighted by Gasteiger charge is 2.40. The van der Waals surface area contributed by atoms with Crippen LogP contribution in [0.4, 0.5) is 0 Å². The molecule has 112 valence electrons. The number of rotatable bonds is 4. The molecule has 3 fully saturated rings. The van der Waals surface area contributed by atoms with E-state index in [2.05, 4.69) is 10.6 Å². The van der Waals surface area contributed by atoms with Crippen LogP contribution in [-0.2, 0) is 9.59 Å². The van der Waals surface area contributed by atoms with Gasteiger partial charge in [0.2, 0.25) is 11.8 Å². The van der Waals surface area contributed by atoms with Crippen LogP contribution in [0, 0.1) is 17.8 Å². The summed E-state index contributed by atoms with van der Waals surface area (Å²) in [7, 11) is 0. The highest BCUT2D eigenvalue weighted by atomic mass is 16.2. The molecule has 3 rings (SSSR count). The van der Waals surface area contributed by atoms with Gasteiger partial charge in [-0.15, -0.1) is 0 Å². The number of fused-ring (bicyclic) bond motifs is 2. The number of carbonyl (C=O) groups is 2. The van der Waals surface area contributed by atoms with Crippen molar-refractivity contribution in [2.24, 2.45) is 23.5 Å². The molecular formula is C15H25N3O2. The zero-order valence-electron chi connectivity index (χ0n) is 11.9. The smallest absolute Gasteiger partial charge is 0.239 e. The minimum Gasteiger partial charge on any atom is -0.352 e. The SMILES string of the molecule is NC1C2CCCC1CC(C(=O)NCC(=O)NC1CC1)C2. The summed E-state index contributed by atoms with van der Waals surface area (Å²) in [6.07, 6.45) is 7.50. The predicted molar refractivity (Wildman–Crippen MR) is 75.7 cm³/mol. The van der Waals surface area contributed by atoms with Gasteiger partial charge in [0.05, 0.1) is 6.54 Å². The second kappa shape index (κ2) is 5.72. The third kappa shape index (κ3) is 3.14. The van der Waals surface area contributed by atoms with Crippen molar-refractivity contribution in [3.05, 3.63) is 0 Å². The summed E-state index contributed by atoms with van der Waals surface area (Å²) in [5, 5.41) is 5.68. The van der Waals surface area contributed by atoms with Crippen LogP contribution in [0.25, 0.3) is 0 Å². The first-order valence-electron chi connectivity index (χ1n) is 7.96. The van der Waals surface area contributed by atoms with Gasteiger partial charge in [-0.3, -0.25) is 9.59 Å². The standard InChI is InChI=1S/C15H25N3O2/c16-14-9-2-1-3-10(14)7-11(6-9)15(20)17-8-13(19)18-12-4-5-12/h9-12,14H,1-8,16H2,(H,17,20)(H,18,19). The first-order chi connectivity index (χ1) is 9.63. The molecule has 0 radical (unpaired) electrons. The molecule has 20 heavy (non-hydrogen) atoms. The maximum Gasteiger partial charge on any atom is 0.239 e. The van der Waals surface area contributed by atoms with Crippen molar-refractivity contribution < 1.29 is 9.59 Å². The lowest BCUT2D eigenvalue weighted by Crippen LogP contribution is -2.50. The van der Waals surface area contributed by atoms with Crippen LogP contribution in [0.2, 0.25) is 0 Å². The molecule has 3 saturated carbocycles. The maximum absolute atomic E-state index is 12.2. The van der Waals surface area contributed by atoms with Gasteiger partial charge < -0.3 is 16.4 Å². The molecule has 2 amide bonds. The summed E-state index contributed by atoms with van der Waals surface area (Å²) in [6.45, 7) is 0.118. The summed E-state index contributed by atoms with van der Waals surface area (Å²) in [5.41, 5.74) is 6.23. The van der Waals surface area contributed by atoms with Gasteiger partial charge in [-0.2, -0.15) is 0 Å². The fourth-order valence-corrected chi connectivity index (χ4v) is 3.82. The second-order valence-electron chi connectivity index (χ2n) is 6.76. The zero-order chi connectivity index (χ0) is 14.1. The lowest BCUT2D eigenvalue weighted by atomic mass is 9.65. The average Bonchev–Trinajstić information content (AvgIpc) is 3.19. The van der Waals surface area contributed by atoms with E-state index in [4.69, 9.17) is 5.73 Å². The molecule has 5 nitrogen and oxygen atoms in total. The Bertz CT molecular complexity index is 381. The molecule has 2 bridgehead atoms. The first kappa shape index (κ1) is 13.9. The van der Waals surface area contributed by atoms with Gasteiger partial charge in [-0.1, -0.05) is 6.42 Å². The highest BCUT2D eigenvalue weighted by molar-refractivity contribution is 5.86. The van der Waals surface area contributed by atoms with Gasteiger partial charge in [0, 0.05) is 18.0 Å². The van der Waals surface area contributed by atoms with Gasteiger partial charge >= 0.3 is 0 Å². The van der Waals surface area contributed by atoms with Crippen molar-refractivity contribution in [2.45, 2.75) is 57.0 Å². The second-order valence-corrected chi connectivity index (χ2v) is 6.76. The van der Waals surface area contributed by atoms with E-state index in [1.54, 1.807) is 0 Å². The van der Waals surface area contributed by atoms with E-state index in [1.165, 1.54) is 6.42 Å². The normalized spacial score (nSPS) is 36.2. The van der Waals surface area contributed by atoms with Crippen molar-refractivity contribution in [3.8, 4) is 0 Å². The van der Waals surface area contributed by atoms with E-state index >= 15 is 0 Å². The van der Waals surface area contributed by atoms with Gasteiger partial charge in [0.25, 0.3) is 0 Å². The van der Waals surface area contributed by atoms with Crippen LogP contribution in [-0.4, -0.2) is 30.4 Å². The molecule has 5 heteroatoms. The average molecular weight is 279 g/mol. The Balaban J connectivity index is 1.46. The Labute approximate surface area is 120 Å². The molecule has 0 aliphatic heterocycles. The number of hydrogen-bond donors (Lipinski definition) is 3. The van der Waals surface area contributed by atoms with Gasteiger partial charge in [0.15, 0.2) is 0 Å². The molecule has 3 aliphatic carbocycles. The molecular weight excluding hydrogens is 254 g/mol. The van der Waals surface area contributed by atoms with E-state index in [-0.39, 0.29) is 30.3 Å². The predicted octanol–water partition coefficient (Wildman–Crippen LogP) is 0.535.